The predicted molar refractivity (Wildman–Crippen MR) is 54.8 cm³/mol. The molecule has 0 saturated carbocycles. The van der Waals surface area contributed by atoms with Crippen LogP contribution in [0.2, 0.25) is 0 Å². The lowest BCUT2D eigenvalue weighted by atomic mass is 9.88. The van der Waals surface area contributed by atoms with Gasteiger partial charge in [-0.2, -0.15) is 5.10 Å². The van der Waals surface area contributed by atoms with E-state index in [1.54, 1.807) is 0 Å². The van der Waals surface area contributed by atoms with Crippen molar-refractivity contribution in [1.82, 2.24) is 15.5 Å². The molecule has 0 aliphatic carbocycles. The van der Waals surface area contributed by atoms with Crippen LogP contribution in [0.5, 0.6) is 0 Å². The summed E-state index contributed by atoms with van der Waals surface area (Å²) in [5.74, 6) is 0. The Morgan fingerprint density at radius 3 is 2.54 bits per heavy atom. The second-order valence-electron chi connectivity index (χ2n) is 4.46. The summed E-state index contributed by atoms with van der Waals surface area (Å²) >= 11 is 0. The van der Waals surface area contributed by atoms with Crippen LogP contribution in [0.25, 0.3) is 0 Å². The first-order chi connectivity index (χ1) is 5.96. The van der Waals surface area contributed by atoms with E-state index >= 15 is 0 Å². The Morgan fingerprint density at radius 1 is 1.46 bits per heavy atom. The number of rotatable bonds is 2. The molecular weight excluding hydrogens is 162 g/mol. The first kappa shape index (κ1) is 10.3. The van der Waals surface area contributed by atoms with Crippen LogP contribution in [0.4, 0.5) is 0 Å². The number of aromatic nitrogens is 2. The molecule has 0 aliphatic rings. The molecule has 0 spiro atoms. The van der Waals surface area contributed by atoms with Crippen molar-refractivity contribution in [2.24, 2.45) is 0 Å². The minimum Gasteiger partial charge on any atom is -0.313 e. The van der Waals surface area contributed by atoms with Crippen molar-refractivity contribution in [3.63, 3.8) is 0 Å². The van der Waals surface area contributed by atoms with E-state index in [1.165, 1.54) is 11.3 Å². The molecule has 74 valence electrons. The number of hydrogen-bond acceptors (Lipinski definition) is 2. The predicted octanol–water partition coefficient (Wildman–Crippen LogP) is 1.99. The highest BCUT2D eigenvalue weighted by Gasteiger charge is 2.22. The van der Waals surface area contributed by atoms with E-state index in [1.807, 2.05) is 13.2 Å². The Hall–Kier alpha value is -0.830. The van der Waals surface area contributed by atoms with E-state index in [-0.39, 0.29) is 5.41 Å². The summed E-state index contributed by atoms with van der Waals surface area (Å²) in [5, 5.41) is 10.4. The smallest absolute Gasteiger partial charge is 0.0538 e. The van der Waals surface area contributed by atoms with Crippen molar-refractivity contribution in [1.29, 1.82) is 0 Å². The lowest BCUT2D eigenvalue weighted by Gasteiger charge is -2.20. The van der Waals surface area contributed by atoms with Crippen molar-refractivity contribution in [3.8, 4) is 0 Å². The summed E-state index contributed by atoms with van der Waals surface area (Å²) in [5.41, 5.74) is 2.61. The Kier molecular flexibility index (Phi) is 2.76. The van der Waals surface area contributed by atoms with Crippen LogP contribution in [-0.2, 0) is 5.41 Å². The van der Waals surface area contributed by atoms with Crippen LogP contribution in [0.3, 0.4) is 0 Å². The highest BCUT2D eigenvalue weighted by Crippen LogP contribution is 2.26. The maximum Gasteiger partial charge on any atom is 0.0538 e. The van der Waals surface area contributed by atoms with Gasteiger partial charge in [-0.25, -0.2) is 0 Å². The molecule has 0 amide bonds. The molecule has 3 nitrogen and oxygen atoms in total. The molecule has 1 aromatic rings. The topological polar surface area (TPSA) is 40.7 Å². The summed E-state index contributed by atoms with van der Waals surface area (Å²) in [6.07, 6.45) is 1.90. The van der Waals surface area contributed by atoms with Crippen LogP contribution >= 0.6 is 0 Å². The van der Waals surface area contributed by atoms with Gasteiger partial charge in [0.15, 0.2) is 0 Å². The standard InChI is InChI=1S/C10H19N3/c1-7(11-5)8-6-12-13-9(8)10(2,3)4/h6-7,11H,1-5H3,(H,12,13). The zero-order chi connectivity index (χ0) is 10.1. The summed E-state index contributed by atoms with van der Waals surface area (Å²) in [6.45, 7) is 8.70. The molecule has 1 aromatic heterocycles. The molecular formula is C10H19N3. The Morgan fingerprint density at radius 2 is 2.08 bits per heavy atom. The number of nitrogens with zero attached hydrogens (tertiary/aromatic N) is 1. The number of nitrogens with one attached hydrogen (secondary N) is 2. The molecule has 2 N–H and O–H groups in total. The van der Waals surface area contributed by atoms with E-state index in [0.29, 0.717) is 6.04 Å². The molecule has 3 heteroatoms. The van der Waals surface area contributed by atoms with Gasteiger partial charge in [0.1, 0.15) is 0 Å². The van der Waals surface area contributed by atoms with Gasteiger partial charge in [0.25, 0.3) is 0 Å². The maximum atomic E-state index is 4.09. The van der Waals surface area contributed by atoms with Crippen LogP contribution in [0.15, 0.2) is 6.20 Å². The molecule has 13 heavy (non-hydrogen) atoms. The van der Waals surface area contributed by atoms with Gasteiger partial charge in [0.2, 0.25) is 0 Å². The van der Waals surface area contributed by atoms with Gasteiger partial charge in [-0.15, -0.1) is 0 Å². The second kappa shape index (κ2) is 3.50. The lowest BCUT2D eigenvalue weighted by molar-refractivity contribution is 0.542. The SMILES string of the molecule is CNC(C)c1cn[nH]c1C(C)(C)C. The molecule has 1 rings (SSSR count). The molecule has 1 heterocycles. The Balaban J connectivity index is 3.03. The fourth-order valence-corrected chi connectivity index (χ4v) is 1.38. The largest absolute Gasteiger partial charge is 0.313 e. The molecule has 0 aromatic carbocycles. The van der Waals surface area contributed by atoms with E-state index in [4.69, 9.17) is 0 Å². The third kappa shape index (κ3) is 2.10. The van der Waals surface area contributed by atoms with Crippen molar-refractivity contribution >= 4 is 0 Å². The normalized spacial score (nSPS) is 14.5. The minimum absolute atomic E-state index is 0.136. The molecule has 0 fully saturated rings. The van der Waals surface area contributed by atoms with Crippen LogP contribution in [0, 0.1) is 0 Å². The monoisotopic (exact) mass is 181 g/mol. The first-order valence-electron chi connectivity index (χ1n) is 4.68. The highest BCUT2D eigenvalue weighted by atomic mass is 15.1. The van der Waals surface area contributed by atoms with Gasteiger partial charge in [0, 0.05) is 22.7 Å². The van der Waals surface area contributed by atoms with Gasteiger partial charge in [-0.3, -0.25) is 5.10 Å². The van der Waals surface area contributed by atoms with E-state index in [9.17, 15) is 0 Å². The summed E-state index contributed by atoms with van der Waals surface area (Å²) in [6, 6.07) is 0.355. The maximum absolute atomic E-state index is 4.09. The molecule has 0 radical (unpaired) electrons. The van der Waals surface area contributed by atoms with Crippen molar-refractivity contribution in [2.75, 3.05) is 7.05 Å². The fraction of sp³-hybridized carbons (Fsp3) is 0.700. The fourth-order valence-electron chi connectivity index (χ4n) is 1.38. The van der Waals surface area contributed by atoms with Gasteiger partial charge >= 0.3 is 0 Å². The van der Waals surface area contributed by atoms with Crippen molar-refractivity contribution in [3.05, 3.63) is 17.5 Å². The molecule has 0 aliphatic heterocycles. The second-order valence-corrected chi connectivity index (χ2v) is 4.46. The van der Waals surface area contributed by atoms with Gasteiger partial charge in [0.05, 0.1) is 6.20 Å². The minimum atomic E-state index is 0.136. The third-order valence-corrected chi connectivity index (χ3v) is 2.32. The van der Waals surface area contributed by atoms with Crippen molar-refractivity contribution < 1.29 is 0 Å². The molecule has 1 unspecified atom stereocenters. The van der Waals surface area contributed by atoms with Crippen LogP contribution in [0.1, 0.15) is 45.0 Å². The van der Waals surface area contributed by atoms with Crippen LogP contribution < -0.4 is 5.32 Å². The lowest BCUT2D eigenvalue weighted by Crippen LogP contribution is -2.19. The molecule has 1 atom stereocenters. The van der Waals surface area contributed by atoms with Crippen molar-refractivity contribution in [2.45, 2.75) is 39.2 Å². The quantitative estimate of drug-likeness (QED) is 0.732. The van der Waals surface area contributed by atoms with Gasteiger partial charge in [-0.05, 0) is 14.0 Å². The summed E-state index contributed by atoms with van der Waals surface area (Å²) in [4.78, 5) is 0. The van der Waals surface area contributed by atoms with E-state index < -0.39 is 0 Å². The highest BCUT2D eigenvalue weighted by molar-refractivity contribution is 5.26. The summed E-state index contributed by atoms with van der Waals surface area (Å²) in [7, 11) is 1.96. The number of hydrogen-bond donors (Lipinski definition) is 2. The number of H-pyrrole nitrogens is 1. The average Bonchev–Trinajstić information content (AvgIpc) is 2.49. The average molecular weight is 181 g/mol. The Labute approximate surface area is 79.9 Å². The Bertz CT molecular complexity index is 270. The molecule has 0 saturated heterocycles. The first-order valence-corrected chi connectivity index (χ1v) is 4.68. The number of aromatic amines is 1. The molecule has 0 bridgehead atoms. The summed E-state index contributed by atoms with van der Waals surface area (Å²) < 4.78 is 0. The van der Waals surface area contributed by atoms with Gasteiger partial charge < -0.3 is 5.32 Å². The van der Waals surface area contributed by atoms with E-state index in [2.05, 4.69) is 43.2 Å². The zero-order valence-electron chi connectivity index (χ0n) is 9.10. The van der Waals surface area contributed by atoms with Gasteiger partial charge in [-0.1, -0.05) is 20.8 Å². The zero-order valence-corrected chi connectivity index (χ0v) is 9.10. The third-order valence-electron chi connectivity index (χ3n) is 2.32. The van der Waals surface area contributed by atoms with E-state index in [0.717, 1.165) is 0 Å². The van der Waals surface area contributed by atoms with Crippen LogP contribution in [-0.4, -0.2) is 17.2 Å².